The number of amides is 2. The molecule has 0 aliphatic heterocycles. The summed E-state index contributed by atoms with van der Waals surface area (Å²) < 4.78 is 45.1. The number of hydrogen-bond donors (Lipinski definition) is 2. The number of aromatic nitrogens is 2. The van der Waals surface area contributed by atoms with Crippen LogP contribution in [0.5, 0.6) is 5.75 Å². The minimum absolute atomic E-state index is 0.0245. The Morgan fingerprint density at radius 2 is 1.82 bits per heavy atom. The zero-order valence-electron chi connectivity index (χ0n) is 15.0. The van der Waals surface area contributed by atoms with Crippen LogP contribution in [0.25, 0.3) is 5.69 Å². The minimum Gasteiger partial charge on any atom is -0.497 e. The van der Waals surface area contributed by atoms with Crippen molar-refractivity contribution >= 4 is 17.5 Å². The van der Waals surface area contributed by atoms with Crippen LogP contribution in [-0.2, 0) is 6.18 Å². The summed E-state index contributed by atoms with van der Waals surface area (Å²) in [5, 5.41) is 9.33. The number of aryl methyl sites for hydroxylation is 1. The van der Waals surface area contributed by atoms with Gasteiger partial charge in [0.15, 0.2) is 0 Å². The lowest BCUT2D eigenvalue weighted by molar-refractivity contribution is -0.137. The van der Waals surface area contributed by atoms with E-state index in [-0.39, 0.29) is 5.69 Å². The molecule has 2 N–H and O–H groups in total. The summed E-state index contributed by atoms with van der Waals surface area (Å²) in [6.07, 6.45) is -4.49. The summed E-state index contributed by atoms with van der Waals surface area (Å²) in [7, 11) is 1.54. The van der Waals surface area contributed by atoms with Gasteiger partial charge in [0, 0.05) is 17.8 Å². The highest BCUT2D eigenvalue weighted by molar-refractivity contribution is 5.99. The molecule has 2 aromatic carbocycles. The Bertz CT molecular complexity index is 999. The van der Waals surface area contributed by atoms with E-state index in [0.717, 1.165) is 12.1 Å². The molecule has 0 fully saturated rings. The average molecular weight is 390 g/mol. The van der Waals surface area contributed by atoms with Crippen LogP contribution in [0.4, 0.5) is 29.5 Å². The molecule has 28 heavy (non-hydrogen) atoms. The lowest BCUT2D eigenvalue weighted by Gasteiger charge is -2.12. The molecule has 9 heteroatoms. The van der Waals surface area contributed by atoms with Crippen LogP contribution in [-0.4, -0.2) is 22.9 Å². The van der Waals surface area contributed by atoms with Crippen molar-refractivity contribution in [3.63, 3.8) is 0 Å². The zero-order valence-corrected chi connectivity index (χ0v) is 15.0. The molecule has 0 aliphatic rings. The number of nitrogens with zero attached hydrogens (tertiary/aromatic N) is 2. The molecule has 0 radical (unpaired) electrons. The van der Waals surface area contributed by atoms with Crippen molar-refractivity contribution in [2.45, 2.75) is 13.1 Å². The number of alkyl halides is 3. The zero-order chi connectivity index (χ0) is 20.3. The van der Waals surface area contributed by atoms with Crippen molar-refractivity contribution in [1.29, 1.82) is 0 Å². The highest BCUT2D eigenvalue weighted by Gasteiger charge is 2.30. The van der Waals surface area contributed by atoms with E-state index in [2.05, 4.69) is 15.7 Å². The first-order chi connectivity index (χ1) is 13.3. The second-order valence-corrected chi connectivity index (χ2v) is 5.94. The number of carbonyl (C=O) groups excluding carboxylic acids is 1. The smallest absolute Gasteiger partial charge is 0.416 e. The van der Waals surface area contributed by atoms with Gasteiger partial charge in [-0.1, -0.05) is 12.1 Å². The Balaban J connectivity index is 1.80. The third-order valence-corrected chi connectivity index (χ3v) is 3.82. The van der Waals surface area contributed by atoms with Crippen molar-refractivity contribution in [2.75, 3.05) is 17.7 Å². The fourth-order valence-electron chi connectivity index (χ4n) is 2.58. The maximum absolute atomic E-state index is 12.8. The molecule has 1 aromatic heterocycles. The predicted molar refractivity (Wildman–Crippen MR) is 98.9 cm³/mol. The highest BCUT2D eigenvalue weighted by atomic mass is 19.4. The van der Waals surface area contributed by atoms with Gasteiger partial charge in [0.1, 0.15) is 11.6 Å². The van der Waals surface area contributed by atoms with E-state index in [0.29, 0.717) is 22.9 Å². The van der Waals surface area contributed by atoms with Crippen LogP contribution in [0.1, 0.15) is 11.3 Å². The largest absolute Gasteiger partial charge is 0.497 e. The predicted octanol–water partition coefficient (Wildman–Crippen LogP) is 4.85. The van der Waals surface area contributed by atoms with Gasteiger partial charge in [-0.05, 0) is 37.3 Å². The van der Waals surface area contributed by atoms with E-state index in [4.69, 9.17) is 4.74 Å². The van der Waals surface area contributed by atoms with Gasteiger partial charge in [-0.2, -0.15) is 18.3 Å². The normalized spacial score (nSPS) is 11.2. The summed E-state index contributed by atoms with van der Waals surface area (Å²) in [6, 6.07) is 12.4. The summed E-state index contributed by atoms with van der Waals surface area (Å²) in [6.45, 7) is 1.76. The molecule has 3 aromatic rings. The van der Waals surface area contributed by atoms with Crippen LogP contribution in [0.3, 0.4) is 0 Å². The van der Waals surface area contributed by atoms with Crippen molar-refractivity contribution in [3.05, 3.63) is 65.9 Å². The van der Waals surface area contributed by atoms with Crippen LogP contribution in [0.2, 0.25) is 0 Å². The van der Waals surface area contributed by atoms with Crippen LogP contribution >= 0.6 is 0 Å². The molecule has 0 bridgehead atoms. The van der Waals surface area contributed by atoms with Crippen molar-refractivity contribution in [1.82, 2.24) is 9.78 Å². The first-order valence-electron chi connectivity index (χ1n) is 8.22. The molecule has 3 rings (SSSR count). The number of methoxy groups -OCH3 is 1. The molecular formula is C19H17F3N4O2. The second-order valence-electron chi connectivity index (χ2n) is 5.94. The SMILES string of the molecule is COc1cccc(-n2nc(C)cc2NC(=O)Nc2cccc(C(F)(F)F)c2)c1. The number of hydrogen-bond acceptors (Lipinski definition) is 3. The number of rotatable bonds is 4. The monoisotopic (exact) mass is 390 g/mol. The number of urea groups is 1. The van der Waals surface area contributed by atoms with Gasteiger partial charge in [0.25, 0.3) is 0 Å². The van der Waals surface area contributed by atoms with Gasteiger partial charge < -0.3 is 10.1 Å². The Morgan fingerprint density at radius 1 is 1.07 bits per heavy atom. The highest BCUT2D eigenvalue weighted by Crippen LogP contribution is 2.30. The van der Waals surface area contributed by atoms with E-state index in [1.807, 2.05) is 0 Å². The molecule has 6 nitrogen and oxygen atoms in total. The van der Waals surface area contributed by atoms with Gasteiger partial charge in [0.05, 0.1) is 24.1 Å². The maximum Gasteiger partial charge on any atom is 0.416 e. The lowest BCUT2D eigenvalue weighted by Crippen LogP contribution is -2.21. The third kappa shape index (κ3) is 4.43. The molecule has 0 saturated heterocycles. The molecule has 0 atom stereocenters. The Morgan fingerprint density at radius 3 is 2.54 bits per heavy atom. The summed E-state index contributed by atoms with van der Waals surface area (Å²) in [5.74, 6) is 0.972. The molecule has 146 valence electrons. The van der Waals surface area contributed by atoms with Gasteiger partial charge in [0.2, 0.25) is 0 Å². The van der Waals surface area contributed by atoms with Crippen LogP contribution < -0.4 is 15.4 Å². The van der Waals surface area contributed by atoms with E-state index in [9.17, 15) is 18.0 Å². The molecule has 1 heterocycles. The van der Waals surface area contributed by atoms with E-state index in [1.54, 1.807) is 37.3 Å². The first kappa shape index (κ1) is 19.3. The Labute approximate surface area is 158 Å². The van der Waals surface area contributed by atoms with Crippen molar-refractivity contribution < 1.29 is 22.7 Å². The van der Waals surface area contributed by atoms with E-state index < -0.39 is 17.8 Å². The molecular weight excluding hydrogens is 373 g/mol. The number of carbonyl (C=O) groups is 1. The molecule has 2 amide bonds. The number of ether oxygens (including phenoxy) is 1. The van der Waals surface area contributed by atoms with E-state index >= 15 is 0 Å². The van der Waals surface area contributed by atoms with Gasteiger partial charge in [-0.25, -0.2) is 9.48 Å². The maximum atomic E-state index is 12.8. The molecule has 0 saturated carbocycles. The summed E-state index contributed by atoms with van der Waals surface area (Å²) in [5.41, 5.74) is 0.484. The van der Waals surface area contributed by atoms with Gasteiger partial charge in [-0.3, -0.25) is 5.32 Å². The number of benzene rings is 2. The average Bonchev–Trinajstić information content (AvgIpc) is 3.01. The standard InChI is InChI=1S/C19H17F3N4O2/c1-12-9-17(26(25-12)15-7-4-8-16(11-15)28-2)24-18(27)23-14-6-3-5-13(10-14)19(20,21)22/h3-11H,1-2H3,(H2,23,24,27). The lowest BCUT2D eigenvalue weighted by atomic mass is 10.2. The molecule has 0 aliphatic carbocycles. The van der Waals surface area contributed by atoms with Gasteiger partial charge >= 0.3 is 12.2 Å². The van der Waals surface area contributed by atoms with Crippen molar-refractivity contribution in [3.8, 4) is 11.4 Å². The first-order valence-corrected chi connectivity index (χ1v) is 8.22. The summed E-state index contributed by atoms with van der Waals surface area (Å²) >= 11 is 0. The number of nitrogens with one attached hydrogen (secondary N) is 2. The molecule has 0 spiro atoms. The van der Waals surface area contributed by atoms with E-state index in [1.165, 1.54) is 23.9 Å². The number of anilines is 2. The topological polar surface area (TPSA) is 68.2 Å². The van der Waals surface area contributed by atoms with Crippen LogP contribution in [0, 0.1) is 6.92 Å². The minimum atomic E-state index is -4.49. The van der Waals surface area contributed by atoms with Crippen molar-refractivity contribution in [2.24, 2.45) is 0 Å². The summed E-state index contributed by atoms with van der Waals surface area (Å²) in [4.78, 5) is 12.3. The quantitative estimate of drug-likeness (QED) is 0.669. The number of halogens is 3. The fraction of sp³-hybridized carbons (Fsp3) is 0.158. The van der Waals surface area contributed by atoms with Gasteiger partial charge in [-0.15, -0.1) is 0 Å². The third-order valence-electron chi connectivity index (χ3n) is 3.82. The Kier molecular flexibility index (Phi) is 5.25. The Hall–Kier alpha value is -3.49. The van der Waals surface area contributed by atoms with Crippen LogP contribution in [0.15, 0.2) is 54.6 Å². The second kappa shape index (κ2) is 7.63. The fourth-order valence-corrected chi connectivity index (χ4v) is 2.58. The molecule has 0 unspecified atom stereocenters.